The molecule has 1 fully saturated rings. The second kappa shape index (κ2) is 5.09. The van der Waals surface area contributed by atoms with Crippen LogP contribution in [0, 0.1) is 0 Å². The molecule has 0 radical (unpaired) electrons. The number of hydrogen-bond acceptors (Lipinski definition) is 4. The molecule has 0 amide bonds. The van der Waals surface area contributed by atoms with Crippen LogP contribution >= 0.6 is 0 Å². The van der Waals surface area contributed by atoms with E-state index >= 15 is 0 Å². The first kappa shape index (κ1) is 12.7. The zero-order valence-corrected chi connectivity index (χ0v) is 10.1. The van der Waals surface area contributed by atoms with Gasteiger partial charge in [0.15, 0.2) is 9.84 Å². The van der Waals surface area contributed by atoms with Crippen molar-refractivity contribution >= 4 is 9.84 Å². The smallest absolute Gasteiger partial charge is 0.152 e. The molecule has 1 unspecified atom stereocenters. The van der Waals surface area contributed by atoms with Gasteiger partial charge in [-0.25, -0.2) is 8.42 Å². The molecule has 0 saturated carbocycles. The molecule has 1 rings (SSSR count). The minimum atomic E-state index is -2.80. The van der Waals surface area contributed by atoms with E-state index in [2.05, 4.69) is 17.2 Å². The fourth-order valence-corrected chi connectivity index (χ4v) is 3.93. The molecule has 0 aromatic rings. The first-order valence-corrected chi connectivity index (χ1v) is 7.07. The Bertz CT molecular complexity index is 313. The summed E-state index contributed by atoms with van der Waals surface area (Å²) < 4.78 is 22.6. The summed E-state index contributed by atoms with van der Waals surface area (Å²) >= 11 is 0. The van der Waals surface area contributed by atoms with Gasteiger partial charge in [-0.1, -0.05) is 6.08 Å². The van der Waals surface area contributed by atoms with Crippen LogP contribution in [0.1, 0.15) is 13.3 Å². The maximum Gasteiger partial charge on any atom is 0.152 e. The standard InChI is InChI=1S/C10H20N2O2S/c1-3-5-11-6-7-12-10(2)4-8-15(13,14)9-10/h3,11-12H,1,4-9H2,2H3. The molecule has 4 nitrogen and oxygen atoms in total. The lowest BCUT2D eigenvalue weighted by molar-refractivity contribution is 0.397. The minimum Gasteiger partial charge on any atom is -0.312 e. The van der Waals surface area contributed by atoms with E-state index in [9.17, 15) is 8.42 Å². The summed E-state index contributed by atoms with van der Waals surface area (Å²) in [6.07, 6.45) is 2.53. The average Bonchev–Trinajstić information content (AvgIpc) is 2.41. The molecule has 0 aromatic heterocycles. The zero-order valence-electron chi connectivity index (χ0n) is 9.25. The summed E-state index contributed by atoms with van der Waals surface area (Å²) in [6.45, 7) is 8.00. The molecule has 88 valence electrons. The second-order valence-corrected chi connectivity index (χ2v) is 6.51. The summed E-state index contributed by atoms with van der Waals surface area (Å²) in [6, 6.07) is 0. The van der Waals surface area contributed by atoms with Crippen LogP contribution in [0.4, 0.5) is 0 Å². The number of sulfone groups is 1. The highest BCUT2D eigenvalue weighted by Gasteiger charge is 2.37. The van der Waals surface area contributed by atoms with Crippen molar-refractivity contribution in [2.75, 3.05) is 31.1 Å². The van der Waals surface area contributed by atoms with Crippen molar-refractivity contribution in [1.82, 2.24) is 10.6 Å². The SMILES string of the molecule is C=CCNCCNC1(C)CCS(=O)(=O)C1. The van der Waals surface area contributed by atoms with Crippen molar-refractivity contribution in [2.45, 2.75) is 18.9 Å². The van der Waals surface area contributed by atoms with Gasteiger partial charge in [-0.15, -0.1) is 6.58 Å². The van der Waals surface area contributed by atoms with Crippen LogP contribution in [0.5, 0.6) is 0 Å². The van der Waals surface area contributed by atoms with Gasteiger partial charge in [-0.2, -0.15) is 0 Å². The largest absolute Gasteiger partial charge is 0.312 e. The van der Waals surface area contributed by atoms with E-state index in [-0.39, 0.29) is 11.3 Å². The van der Waals surface area contributed by atoms with Crippen molar-refractivity contribution in [3.05, 3.63) is 12.7 Å². The molecule has 0 aliphatic carbocycles. The minimum absolute atomic E-state index is 0.227. The van der Waals surface area contributed by atoms with Crippen LogP contribution < -0.4 is 10.6 Å². The Morgan fingerprint density at radius 2 is 2.20 bits per heavy atom. The summed E-state index contributed by atoms with van der Waals surface area (Å²) in [7, 11) is -2.80. The van der Waals surface area contributed by atoms with Crippen molar-refractivity contribution in [2.24, 2.45) is 0 Å². The quantitative estimate of drug-likeness (QED) is 0.497. The molecule has 1 aliphatic rings. The molecule has 2 N–H and O–H groups in total. The Kier molecular flexibility index (Phi) is 4.31. The van der Waals surface area contributed by atoms with Crippen molar-refractivity contribution in [1.29, 1.82) is 0 Å². The lowest BCUT2D eigenvalue weighted by Crippen LogP contribution is -2.46. The van der Waals surface area contributed by atoms with Crippen molar-refractivity contribution in [3.63, 3.8) is 0 Å². The van der Waals surface area contributed by atoms with Crippen LogP contribution in [0.25, 0.3) is 0 Å². The van der Waals surface area contributed by atoms with E-state index in [1.165, 1.54) is 0 Å². The maximum atomic E-state index is 11.3. The number of hydrogen-bond donors (Lipinski definition) is 2. The van der Waals surface area contributed by atoms with Crippen LogP contribution in [0.3, 0.4) is 0 Å². The Morgan fingerprint density at radius 3 is 2.73 bits per heavy atom. The van der Waals surface area contributed by atoms with E-state index in [4.69, 9.17) is 0 Å². The van der Waals surface area contributed by atoms with Crippen LogP contribution in [0.15, 0.2) is 12.7 Å². The van der Waals surface area contributed by atoms with Gasteiger partial charge in [0.25, 0.3) is 0 Å². The van der Waals surface area contributed by atoms with Crippen LogP contribution in [-0.2, 0) is 9.84 Å². The summed E-state index contributed by atoms with van der Waals surface area (Å²) in [4.78, 5) is 0. The monoisotopic (exact) mass is 232 g/mol. The summed E-state index contributed by atoms with van der Waals surface area (Å²) in [5.41, 5.74) is -0.227. The molecule has 1 saturated heterocycles. The van der Waals surface area contributed by atoms with E-state index in [0.29, 0.717) is 5.75 Å². The van der Waals surface area contributed by atoms with Gasteiger partial charge in [-0.3, -0.25) is 0 Å². The number of rotatable bonds is 6. The lowest BCUT2D eigenvalue weighted by atomic mass is 10.0. The summed E-state index contributed by atoms with van der Waals surface area (Å²) in [5, 5.41) is 6.46. The fourth-order valence-electron chi connectivity index (χ4n) is 1.81. The Labute approximate surface area is 92.1 Å². The molecular weight excluding hydrogens is 212 g/mol. The molecule has 1 heterocycles. The molecule has 1 aliphatic heterocycles. The molecule has 0 spiro atoms. The van der Waals surface area contributed by atoms with Crippen LogP contribution in [0.2, 0.25) is 0 Å². The number of nitrogens with one attached hydrogen (secondary N) is 2. The van der Waals surface area contributed by atoms with Gasteiger partial charge in [0, 0.05) is 25.2 Å². The zero-order chi connectivity index (χ0) is 11.4. The highest BCUT2D eigenvalue weighted by atomic mass is 32.2. The van der Waals surface area contributed by atoms with E-state index < -0.39 is 9.84 Å². The molecule has 1 atom stereocenters. The van der Waals surface area contributed by atoms with E-state index in [0.717, 1.165) is 26.1 Å². The van der Waals surface area contributed by atoms with Crippen molar-refractivity contribution in [3.8, 4) is 0 Å². The van der Waals surface area contributed by atoms with E-state index in [1.807, 2.05) is 13.0 Å². The van der Waals surface area contributed by atoms with Gasteiger partial charge >= 0.3 is 0 Å². The Balaban J connectivity index is 2.24. The van der Waals surface area contributed by atoms with Crippen LogP contribution in [-0.4, -0.2) is 45.1 Å². The van der Waals surface area contributed by atoms with Gasteiger partial charge in [0.1, 0.15) is 0 Å². The molecule has 0 aromatic carbocycles. The topological polar surface area (TPSA) is 58.2 Å². The van der Waals surface area contributed by atoms with Gasteiger partial charge in [0.05, 0.1) is 11.5 Å². The van der Waals surface area contributed by atoms with Crippen molar-refractivity contribution < 1.29 is 8.42 Å². The van der Waals surface area contributed by atoms with E-state index in [1.54, 1.807) is 0 Å². The van der Waals surface area contributed by atoms with Gasteiger partial charge in [0.2, 0.25) is 0 Å². The maximum absolute atomic E-state index is 11.3. The Hall–Kier alpha value is -0.390. The first-order valence-electron chi connectivity index (χ1n) is 5.24. The lowest BCUT2D eigenvalue weighted by Gasteiger charge is -2.23. The molecule has 15 heavy (non-hydrogen) atoms. The first-order chi connectivity index (χ1) is 6.97. The third-order valence-corrected chi connectivity index (χ3v) is 4.55. The molecular formula is C10H20N2O2S. The van der Waals surface area contributed by atoms with Gasteiger partial charge in [-0.05, 0) is 13.3 Å². The highest BCUT2D eigenvalue weighted by Crippen LogP contribution is 2.22. The normalized spacial score (nSPS) is 29.1. The van der Waals surface area contributed by atoms with Gasteiger partial charge < -0.3 is 10.6 Å². The Morgan fingerprint density at radius 1 is 1.47 bits per heavy atom. The molecule has 5 heteroatoms. The second-order valence-electron chi connectivity index (χ2n) is 4.32. The third kappa shape index (κ3) is 4.32. The third-order valence-electron chi connectivity index (χ3n) is 2.65. The summed E-state index contributed by atoms with van der Waals surface area (Å²) in [5.74, 6) is 0.581. The highest BCUT2D eigenvalue weighted by molar-refractivity contribution is 7.91. The average molecular weight is 232 g/mol. The molecule has 0 bridgehead atoms. The predicted octanol–water partition coefficient (Wildman–Crippen LogP) is -0.0712. The predicted molar refractivity (Wildman–Crippen MR) is 62.7 cm³/mol. The fraction of sp³-hybridized carbons (Fsp3) is 0.800.